The molecule has 0 fully saturated rings. The molecule has 1 amide bonds. The Morgan fingerprint density at radius 3 is 2.31 bits per heavy atom. The van der Waals surface area contributed by atoms with Crippen LogP contribution in [0.3, 0.4) is 0 Å². The molecule has 0 unspecified atom stereocenters. The Morgan fingerprint density at radius 2 is 1.69 bits per heavy atom. The topological polar surface area (TPSA) is 129 Å². The second kappa shape index (κ2) is 11.9. The minimum absolute atomic E-state index is 0.115. The number of carbonyl (C=O) groups excluding carboxylic acids is 2. The fourth-order valence-electron chi connectivity index (χ4n) is 2.88. The number of nitro groups is 1. The lowest BCUT2D eigenvalue weighted by atomic mass is 10.2. The van der Waals surface area contributed by atoms with E-state index < -0.39 is 16.8 Å². The molecule has 0 aromatic heterocycles. The van der Waals surface area contributed by atoms with Crippen molar-refractivity contribution in [3.63, 3.8) is 0 Å². The number of nitro benzene ring substituents is 1. The highest BCUT2D eigenvalue weighted by Gasteiger charge is 2.13. The monoisotopic (exact) mass is 477 g/mol. The standard InChI is InChI=1S/C25H23N3O7/c1-3-14-34-21-11-7-19(8-12-21)25(30)35-22-13-4-17(15-23(22)33-2)16-26-27-24(29)18-5-9-20(10-6-18)28(31)32/h4-13,15-16H,3,14H2,1-2H3,(H,27,29)/b26-16+. The minimum atomic E-state index is -0.554. The maximum atomic E-state index is 12.5. The van der Waals surface area contributed by atoms with E-state index in [9.17, 15) is 19.7 Å². The molecule has 0 saturated heterocycles. The molecule has 10 heteroatoms. The number of hydrazone groups is 1. The number of carbonyl (C=O) groups is 2. The molecule has 3 rings (SSSR count). The fourth-order valence-corrected chi connectivity index (χ4v) is 2.88. The van der Waals surface area contributed by atoms with Crippen molar-refractivity contribution in [1.29, 1.82) is 0 Å². The first-order chi connectivity index (χ1) is 16.9. The Balaban J connectivity index is 1.62. The number of amides is 1. The molecule has 0 saturated carbocycles. The lowest BCUT2D eigenvalue weighted by Gasteiger charge is -2.10. The summed E-state index contributed by atoms with van der Waals surface area (Å²) >= 11 is 0. The largest absolute Gasteiger partial charge is 0.494 e. The highest BCUT2D eigenvalue weighted by molar-refractivity contribution is 5.95. The summed E-state index contributed by atoms with van der Waals surface area (Å²) in [4.78, 5) is 34.8. The molecule has 180 valence electrons. The van der Waals surface area contributed by atoms with Gasteiger partial charge in [0.1, 0.15) is 5.75 Å². The van der Waals surface area contributed by atoms with Gasteiger partial charge in [0.15, 0.2) is 11.5 Å². The van der Waals surface area contributed by atoms with Gasteiger partial charge in [0.2, 0.25) is 0 Å². The number of nitrogens with zero attached hydrogens (tertiary/aromatic N) is 2. The number of non-ortho nitro benzene ring substituents is 1. The van der Waals surface area contributed by atoms with E-state index in [2.05, 4.69) is 10.5 Å². The first-order valence-electron chi connectivity index (χ1n) is 10.6. The molecule has 35 heavy (non-hydrogen) atoms. The van der Waals surface area contributed by atoms with Crippen molar-refractivity contribution in [2.45, 2.75) is 13.3 Å². The lowest BCUT2D eigenvalue weighted by Crippen LogP contribution is -2.17. The molecule has 3 aromatic carbocycles. The molecule has 0 aliphatic heterocycles. The lowest BCUT2D eigenvalue weighted by molar-refractivity contribution is -0.384. The van der Waals surface area contributed by atoms with Gasteiger partial charge in [0, 0.05) is 17.7 Å². The van der Waals surface area contributed by atoms with Gasteiger partial charge in [-0.15, -0.1) is 0 Å². The molecule has 0 heterocycles. The molecule has 0 spiro atoms. The molecule has 0 radical (unpaired) electrons. The summed E-state index contributed by atoms with van der Waals surface area (Å²) in [7, 11) is 1.43. The zero-order valence-electron chi connectivity index (χ0n) is 19.1. The Hall–Kier alpha value is -4.73. The maximum Gasteiger partial charge on any atom is 0.343 e. The number of ether oxygens (including phenoxy) is 3. The maximum absolute atomic E-state index is 12.5. The summed E-state index contributed by atoms with van der Waals surface area (Å²) in [5, 5.41) is 14.6. The van der Waals surface area contributed by atoms with E-state index in [0.717, 1.165) is 6.42 Å². The third-order valence-corrected chi connectivity index (χ3v) is 4.67. The number of hydrogen-bond acceptors (Lipinski definition) is 8. The van der Waals surface area contributed by atoms with Crippen molar-refractivity contribution in [2.24, 2.45) is 5.10 Å². The highest BCUT2D eigenvalue weighted by Crippen LogP contribution is 2.28. The number of nitrogens with one attached hydrogen (secondary N) is 1. The second-order valence-electron chi connectivity index (χ2n) is 7.18. The van der Waals surface area contributed by atoms with Crippen molar-refractivity contribution in [1.82, 2.24) is 5.43 Å². The van der Waals surface area contributed by atoms with Gasteiger partial charge >= 0.3 is 5.97 Å². The van der Waals surface area contributed by atoms with Gasteiger partial charge in [-0.3, -0.25) is 14.9 Å². The third-order valence-electron chi connectivity index (χ3n) is 4.67. The molecule has 10 nitrogen and oxygen atoms in total. The third kappa shape index (κ3) is 6.87. The molecular formula is C25H23N3O7. The van der Waals surface area contributed by atoms with E-state index in [-0.39, 0.29) is 17.0 Å². The molecule has 0 aliphatic carbocycles. The van der Waals surface area contributed by atoms with Gasteiger partial charge in [0.05, 0.1) is 30.4 Å². The first kappa shape index (κ1) is 24.9. The van der Waals surface area contributed by atoms with E-state index in [1.807, 2.05) is 6.92 Å². The zero-order chi connectivity index (χ0) is 25.2. The van der Waals surface area contributed by atoms with Gasteiger partial charge in [-0.2, -0.15) is 5.10 Å². The van der Waals surface area contributed by atoms with Crippen LogP contribution in [-0.4, -0.2) is 36.7 Å². The molecule has 3 aromatic rings. The first-order valence-corrected chi connectivity index (χ1v) is 10.6. The number of hydrogen-bond donors (Lipinski definition) is 1. The Morgan fingerprint density at radius 1 is 1.00 bits per heavy atom. The molecule has 0 atom stereocenters. The fraction of sp³-hybridized carbons (Fsp3) is 0.160. The van der Waals surface area contributed by atoms with Crippen LogP contribution in [0.25, 0.3) is 0 Å². The van der Waals surface area contributed by atoms with E-state index in [0.29, 0.717) is 29.2 Å². The van der Waals surface area contributed by atoms with Gasteiger partial charge in [0.25, 0.3) is 11.6 Å². The normalized spacial score (nSPS) is 10.6. The van der Waals surface area contributed by atoms with Crippen LogP contribution in [0.2, 0.25) is 0 Å². The van der Waals surface area contributed by atoms with Gasteiger partial charge in [-0.1, -0.05) is 6.92 Å². The van der Waals surface area contributed by atoms with E-state index in [1.165, 1.54) is 37.6 Å². The average molecular weight is 477 g/mol. The smallest absolute Gasteiger partial charge is 0.343 e. The van der Waals surface area contributed by atoms with E-state index in [4.69, 9.17) is 14.2 Å². The number of methoxy groups -OCH3 is 1. The van der Waals surface area contributed by atoms with Crippen LogP contribution in [0.4, 0.5) is 5.69 Å². The number of benzene rings is 3. The molecule has 0 aliphatic rings. The van der Waals surface area contributed by atoms with Gasteiger partial charge in [-0.05, 0) is 66.6 Å². The van der Waals surface area contributed by atoms with Crippen LogP contribution in [0.15, 0.2) is 71.8 Å². The summed E-state index contributed by atoms with van der Waals surface area (Å²) in [6, 6.07) is 16.6. The van der Waals surface area contributed by atoms with Crippen LogP contribution in [0, 0.1) is 10.1 Å². The van der Waals surface area contributed by atoms with Crippen LogP contribution < -0.4 is 19.6 Å². The van der Waals surface area contributed by atoms with Gasteiger partial charge < -0.3 is 14.2 Å². The predicted molar refractivity (Wildman–Crippen MR) is 128 cm³/mol. The molecule has 1 N–H and O–H groups in total. The highest BCUT2D eigenvalue weighted by atomic mass is 16.6. The Kier molecular flexibility index (Phi) is 8.49. The molecule has 0 bridgehead atoms. The zero-order valence-corrected chi connectivity index (χ0v) is 19.1. The summed E-state index contributed by atoms with van der Waals surface area (Å²) < 4.78 is 16.3. The predicted octanol–water partition coefficient (Wildman–Crippen LogP) is 4.38. The van der Waals surface area contributed by atoms with Crippen LogP contribution in [0.5, 0.6) is 17.2 Å². The van der Waals surface area contributed by atoms with Gasteiger partial charge in [-0.25, -0.2) is 10.2 Å². The van der Waals surface area contributed by atoms with Crippen LogP contribution in [-0.2, 0) is 0 Å². The summed E-state index contributed by atoms with van der Waals surface area (Å²) in [5.74, 6) is 0.106. The SMILES string of the molecule is CCCOc1ccc(C(=O)Oc2ccc(/C=N/NC(=O)c3ccc([N+](=O)[O-])cc3)cc2OC)cc1. The van der Waals surface area contributed by atoms with E-state index >= 15 is 0 Å². The minimum Gasteiger partial charge on any atom is -0.494 e. The number of rotatable bonds is 10. The van der Waals surface area contributed by atoms with E-state index in [1.54, 1.807) is 42.5 Å². The quantitative estimate of drug-likeness (QED) is 0.151. The van der Waals surface area contributed by atoms with Crippen molar-refractivity contribution in [2.75, 3.05) is 13.7 Å². The summed E-state index contributed by atoms with van der Waals surface area (Å²) in [6.45, 7) is 2.60. The summed E-state index contributed by atoms with van der Waals surface area (Å²) in [5.41, 5.74) is 3.38. The van der Waals surface area contributed by atoms with Crippen LogP contribution in [0.1, 0.15) is 39.6 Å². The Bertz CT molecular complexity index is 1220. The molecular weight excluding hydrogens is 454 g/mol. The van der Waals surface area contributed by atoms with Crippen molar-refractivity contribution < 1.29 is 28.7 Å². The van der Waals surface area contributed by atoms with Crippen molar-refractivity contribution in [3.8, 4) is 17.2 Å². The second-order valence-corrected chi connectivity index (χ2v) is 7.18. The van der Waals surface area contributed by atoms with Crippen LogP contribution >= 0.6 is 0 Å². The Labute approximate surface area is 201 Å². The average Bonchev–Trinajstić information content (AvgIpc) is 2.88. The van der Waals surface area contributed by atoms with Crippen molar-refractivity contribution in [3.05, 3.63) is 93.5 Å². The number of esters is 1. The summed E-state index contributed by atoms with van der Waals surface area (Å²) in [6.07, 6.45) is 2.27. The van der Waals surface area contributed by atoms with Crippen molar-refractivity contribution >= 4 is 23.8 Å².